The second-order valence-electron chi connectivity index (χ2n) is 4.97. The zero-order chi connectivity index (χ0) is 15.8. The predicted octanol–water partition coefficient (Wildman–Crippen LogP) is 0.955. The van der Waals surface area contributed by atoms with Crippen LogP contribution in [-0.2, 0) is 4.74 Å². The summed E-state index contributed by atoms with van der Waals surface area (Å²) in [6.07, 6.45) is 0.807. The van der Waals surface area contributed by atoms with Crippen molar-refractivity contribution in [3.63, 3.8) is 0 Å². The molecule has 1 aromatic rings. The Morgan fingerprint density at radius 1 is 1.36 bits per heavy atom. The Balaban J connectivity index is 2.04. The highest BCUT2D eigenvalue weighted by molar-refractivity contribution is 7.80. The van der Waals surface area contributed by atoms with Crippen LogP contribution in [0.5, 0.6) is 5.75 Å². The summed E-state index contributed by atoms with van der Waals surface area (Å²) >= 11 is 4.83. The van der Waals surface area contributed by atoms with Crippen molar-refractivity contribution in [2.45, 2.75) is 6.42 Å². The normalized spacial score (nSPS) is 16.3. The third kappa shape index (κ3) is 5.25. The monoisotopic (exact) mass is 322 g/mol. The average molecular weight is 322 g/mol. The molecule has 2 rings (SSSR count). The van der Waals surface area contributed by atoms with Crippen molar-refractivity contribution in [1.29, 1.82) is 0 Å². The molecule has 0 unspecified atom stereocenters. The van der Waals surface area contributed by atoms with Crippen molar-refractivity contribution >= 4 is 23.0 Å². The highest BCUT2D eigenvalue weighted by Gasteiger charge is 2.12. The molecule has 1 heterocycles. The Bertz CT molecular complexity index is 513. The summed E-state index contributed by atoms with van der Waals surface area (Å²) in [4.78, 5) is 2.36. The molecule has 22 heavy (non-hydrogen) atoms. The molecule has 6 nitrogen and oxygen atoms in total. The number of methoxy groups -OCH3 is 1. The number of hydrogen-bond acceptors (Lipinski definition) is 5. The van der Waals surface area contributed by atoms with E-state index < -0.39 is 0 Å². The maximum Gasteiger partial charge on any atom is 0.184 e. The Morgan fingerprint density at radius 2 is 2.05 bits per heavy atom. The van der Waals surface area contributed by atoms with Crippen LogP contribution in [0.15, 0.2) is 29.4 Å². The van der Waals surface area contributed by atoms with Crippen molar-refractivity contribution < 1.29 is 9.47 Å². The lowest BCUT2D eigenvalue weighted by Crippen LogP contribution is -2.37. The summed E-state index contributed by atoms with van der Waals surface area (Å²) in [6, 6.07) is 7.80. The first-order valence-corrected chi connectivity index (χ1v) is 7.66. The second-order valence-corrected chi connectivity index (χ2v) is 5.41. The van der Waals surface area contributed by atoms with Gasteiger partial charge in [0.15, 0.2) is 5.11 Å². The number of nitrogens with zero attached hydrogens (tertiary/aromatic N) is 2. The van der Waals surface area contributed by atoms with Gasteiger partial charge in [0.1, 0.15) is 5.75 Å². The number of nitrogens with one attached hydrogen (secondary N) is 1. The maximum absolute atomic E-state index is 5.47. The maximum atomic E-state index is 5.47. The molecule has 0 aromatic heterocycles. The molecule has 7 heteroatoms. The SMILES string of the molecule is COc1ccc(/C(CCN2CCOCC2)=N\NC(N)=S)cc1. The Morgan fingerprint density at radius 3 is 2.64 bits per heavy atom. The van der Waals surface area contributed by atoms with Gasteiger partial charge >= 0.3 is 0 Å². The largest absolute Gasteiger partial charge is 0.497 e. The van der Waals surface area contributed by atoms with Gasteiger partial charge in [-0.3, -0.25) is 10.3 Å². The molecule has 0 spiro atoms. The number of hydrazone groups is 1. The number of hydrogen-bond donors (Lipinski definition) is 2. The van der Waals surface area contributed by atoms with Crippen molar-refractivity contribution in [3.8, 4) is 5.75 Å². The van der Waals surface area contributed by atoms with Crippen LogP contribution in [0.25, 0.3) is 0 Å². The Hall–Kier alpha value is -1.70. The standard InChI is InChI=1S/C15H22N4O2S/c1-20-13-4-2-12(3-5-13)14(17-18-15(16)22)6-7-19-8-10-21-11-9-19/h2-5H,6-11H2,1H3,(H3,16,18,22)/b17-14-. The van der Waals surface area contributed by atoms with Gasteiger partial charge in [-0.15, -0.1) is 0 Å². The van der Waals surface area contributed by atoms with E-state index >= 15 is 0 Å². The lowest BCUT2D eigenvalue weighted by Gasteiger charge is -2.26. The molecule has 0 bridgehead atoms. The molecular formula is C15H22N4O2S. The lowest BCUT2D eigenvalue weighted by atomic mass is 10.1. The molecule has 1 aliphatic rings. The summed E-state index contributed by atoms with van der Waals surface area (Å²) in [5, 5.41) is 4.50. The van der Waals surface area contributed by atoms with E-state index in [1.807, 2.05) is 24.3 Å². The molecule has 0 amide bonds. The van der Waals surface area contributed by atoms with Gasteiger partial charge in [-0.1, -0.05) is 0 Å². The molecular weight excluding hydrogens is 300 g/mol. The first kappa shape index (κ1) is 16.7. The molecule has 120 valence electrons. The predicted molar refractivity (Wildman–Crippen MR) is 91.3 cm³/mol. The fraction of sp³-hybridized carbons (Fsp3) is 0.467. The van der Waals surface area contributed by atoms with E-state index in [0.717, 1.165) is 56.3 Å². The highest BCUT2D eigenvalue weighted by Crippen LogP contribution is 2.13. The molecule has 0 radical (unpaired) electrons. The summed E-state index contributed by atoms with van der Waals surface area (Å²) in [6.45, 7) is 4.42. The minimum Gasteiger partial charge on any atom is -0.497 e. The number of rotatable bonds is 6. The van der Waals surface area contributed by atoms with Crippen LogP contribution < -0.4 is 15.9 Å². The minimum absolute atomic E-state index is 0.164. The molecule has 0 atom stereocenters. The van der Waals surface area contributed by atoms with Crippen LogP contribution in [-0.4, -0.2) is 55.7 Å². The fourth-order valence-electron chi connectivity index (χ4n) is 2.26. The van der Waals surface area contributed by atoms with Crippen LogP contribution in [0.2, 0.25) is 0 Å². The Kier molecular flexibility index (Phi) is 6.57. The lowest BCUT2D eigenvalue weighted by molar-refractivity contribution is 0.0392. The molecule has 1 aliphatic heterocycles. The van der Waals surface area contributed by atoms with Crippen molar-refractivity contribution in [1.82, 2.24) is 10.3 Å². The van der Waals surface area contributed by atoms with E-state index in [4.69, 9.17) is 27.4 Å². The molecule has 3 N–H and O–H groups in total. The van der Waals surface area contributed by atoms with Crippen LogP contribution in [0.4, 0.5) is 0 Å². The van der Waals surface area contributed by atoms with Gasteiger partial charge < -0.3 is 15.2 Å². The Labute approximate surface area is 136 Å². The molecule has 1 fully saturated rings. The average Bonchev–Trinajstić information content (AvgIpc) is 2.56. The van der Waals surface area contributed by atoms with E-state index in [-0.39, 0.29) is 5.11 Å². The number of ether oxygens (including phenoxy) is 2. The van der Waals surface area contributed by atoms with E-state index in [9.17, 15) is 0 Å². The zero-order valence-corrected chi connectivity index (χ0v) is 13.6. The van der Waals surface area contributed by atoms with Crippen molar-refractivity contribution in [3.05, 3.63) is 29.8 Å². The van der Waals surface area contributed by atoms with Gasteiger partial charge in [0.2, 0.25) is 0 Å². The van der Waals surface area contributed by atoms with Gasteiger partial charge in [-0.05, 0) is 42.0 Å². The van der Waals surface area contributed by atoms with Crippen LogP contribution >= 0.6 is 12.2 Å². The van der Waals surface area contributed by atoms with Crippen LogP contribution in [0.3, 0.4) is 0 Å². The third-order valence-corrected chi connectivity index (χ3v) is 3.58. The number of morpholine rings is 1. The first-order valence-electron chi connectivity index (χ1n) is 7.25. The van der Waals surface area contributed by atoms with Crippen LogP contribution in [0.1, 0.15) is 12.0 Å². The molecule has 0 aliphatic carbocycles. The van der Waals surface area contributed by atoms with E-state index in [1.54, 1.807) is 7.11 Å². The minimum atomic E-state index is 0.164. The van der Waals surface area contributed by atoms with E-state index in [0.29, 0.717) is 0 Å². The molecule has 1 aromatic carbocycles. The van der Waals surface area contributed by atoms with E-state index in [2.05, 4.69) is 15.4 Å². The van der Waals surface area contributed by atoms with Gasteiger partial charge in [-0.2, -0.15) is 5.10 Å². The number of thiocarbonyl (C=S) groups is 1. The van der Waals surface area contributed by atoms with E-state index in [1.165, 1.54) is 0 Å². The summed E-state index contributed by atoms with van der Waals surface area (Å²) in [7, 11) is 1.65. The van der Waals surface area contributed by atoms with Crippen LogP contribution in [0, 0.1) is 0 Å². The van der Waals surface area contributed by atoms with Crippen molar-refractivity contribution in [2.75, 3.05) is 40.0 Å². The fourth-order valence-corrected chi connectivity index (χ4v) is 2.31. The number of benzene rings is 1. The quantitative estimate of drug-likeness (QED) is 0.462. The number of nitrogens with two attached hydrogens (primary N) is 1. The van der Waals surface area contributed by atoms with Gasteiger partial charge in [0.05, 0.1) is 26.0 Å². The zero-order valence-electron chi connectivity index (χ0n) is 12.7. The summed E-state index contributed by atoms with van der Waals surface area (Å²) < 4.78 is 10.5. The topological polar surface area (TPSA) is 72.1 Å². The van der Waals surface area contributed by atoms with Gasteiger partial charge in [0, 0.05) is 26.1 Å². The highest BCUT2D eigenvalue weighted by atomic mass is 32.1. The molecule has 1 saturated heterocycles. The van der Waals surface area contributed by atoms with Crippen molar-refractivity contribution in [2.24, 2.45) is 10.8 Å². The summed E-state index contributed by atoms with van der Waals surface area (Å²) in [5.41, 5.74) is 10.1. The molecule has 0 saturated carbocycles. The summed E-state index contributed by atoms with van der Waals surface area (Å²) in [5.74, 6) is 0.818. The first-order chi connectivity index (χ1) is 10.7. The smallest absolute Gasteiger partial charge is 0.184 e. The van der Waals surface area contributed by atoms with Gasteiger partial charge in [0.25, 0.3) is 0 Å². The van der Waals surface area contributed by atoms with Gasteiger partial charge in [-0.25, -0.2) is 0 Å². The second kappa shape index (κ2) is 8.67. The third-order valence-electron chi connectivity index (χ3n) is 3.49.